The Labute approximate surface area is 126 Å². The van der Waals surface area contributed by atoms with Crippen molar-refractivity contribution in [2.45, 2.75) is 45.6 Å². The molecular weight excluding hydrogens is 266 g/mol. The fourth-order valence-corrected chi connectivity index (χ4v) is 2.52. The third kappa shape index (κ3) is 4.21. The number of hydrogen-bond acceptors (Lipinski definition) is 3. The number of carbonyl (C=O) groups excluding carboxylic acids is 1. The van der Waals surface area contributed by atoms with Crippen LogP contribution in [-0.2, 0) is 4.79 Å². The van der Waals surface area contributed by atoms with Gasteiger partial charge in [-0.05, 0) is 56.4 Å². The smallest absolute Gasteiger partial charge is 0.226 e. The molecule has 1 N–H and O–H groups in total. The zero-order valence-electron chi connectivity index (χ0n) is 13.0. The Morgan fingerprint density at radius 2 is 2.10 bits per heavy atom. The molecule has 1 aliphatic carbocycles. The number of amides is 1. The molecule has 0 aromatic heterocycles. The first-order valence-electron chi connectivity index (χ1n) is 7.72. The van der Waals surface area contributed by atoms with Gasteiger partial charge in [-0.3, -0.25) is 4.79 Å². The second-order valence-electron chi connectivity index (χ2n) is 5.74. The largest absolute Gasteiger partial charge is 0.493 e. The van der Waals surface area contributed by atoms with E-state index in [0.717, 1.165) is 18.6 Å². The summed E-state index contributed by atoms with van der Waals surface area (Å²) in [6, 6.07) is 6.28. The van der Waals surface area contributed by atoms with Crippen LogP contribution in [0.1, 0.15) is 36.8 Å². The van der Waals surface area contributed by atoms with Crippen LogP contribution < -0.4 is 4.74 Å². The van der Waals surface area contributed by atoms with Crippen molar-refractivity contribution in [3.63, 3.8) is 0 Å². The molecule has 21 heavy (non-hydrogen) atoms. The lowest BCUT2D eigenvalue weighted by Crippen LogP contribution is -2.46. The molecule has 4 nitrogen and oxygen atoms in total. The lowest BCUT2D eigenvalue weighted by Gasteiger charge is -2.37. The minimum absolute atomic E-state index is 0.0280. The van der Waals surface area contributed by atoms with Crippen LogP contribution in [0, 0.1) is 13.8 Å². The van der Waals surface area contributed by atoms with Crippen LogP contribution in [0.3, 0.4) is 0 Å². The minimum Gasteiger partial charge on any atom is -0.493 e. The Kier molecular flexibility index (Phi) is 5.62. The maximum atomic E-state index is 12.2. The number of ether oxygens (including phenoxy) is 1. The number of hydrogen-bond donors (Lipinski definition) is 1. The van der Waals surface area contributed by atoms with Crippen LogP contribution in [0.2, 0.25) is 0 Å². The molecule has 0 saturated heterocycles. The second-order valence-corrected chi connectivity index (χ2v) is 5.74. The minimum atomic E-state index is 0.0280. The standard InChI is InChI=1S/C17H25NO3/c1-13-6-7-16(12-14(13)2)21-11-8-17(20)18(9-10-19)15-4-3-5-15/h6-7,12,15,19H,3-5,8-11H2,1-2H3. The summed E-state index contributed by atoms with van der Waals surface area (Å²) in [6.45, 7) is 4.96. The van der Waals surface area contributed by atoms with E-state index in [-0.39, 0.29) is 12.5 Å². The Hall–Kier alpha value is -1.55. The van der Waals surface area contributed by atoms with Crippen molar-refractivity contribution >= 4 is 5.91 Å². The highest BCUT2D eigenvalue weighted by molar-refractivity contribution is 5.76. The number of aliphatic hydroxyl groups is 1. The van der Waals surface area contributed by atoms with E-state index in [1.165, 1.54) is 17.5 Å². The van der Waals surface area contributed by atoms with Gasteiger partial charge in [-0.1, -0.05) is 6.07 Å². The lowest BCUT2D eigenvalue weighted by molar-refractivity contribution is -0.136. The van der Waals surface area contributed by atoms with Gasteiger partial charge < -0.3 is 14.7 Å². The van der Waals surface area contributed by atoms with Crippen LogP contribution in [0.25, 0.3) is 0 Å². The molecule has 0 radical (unpaired) electrons. The zero-order chi connectivity index (χ0) is 15.2. The number of aryl methyl sites for hydroxylation is 2. The molecule has 1 saturated carbocycles. The van der Waals surface area contributed by atoms with Gasteiger partial charge in [0.25, 0.3) is 0 Å². The normalized spacial score (nSPS) is 14.6. The molecule has 0 spiro atoms. The lowest BCUT2D eigenvalue weighted by atomic mass is 9.91. The van der Waals surface area contributed by atoms with Crippen molar-refractivity contribution in [3.8, 4) is 5.75 Å². The fraction of sp³-hybridized carbons (Fsp3) is 0.588. The van der Waals surface area contributed by atoms with Crippen molar-refractivity contribution in [2.24, 2.45) is 0 Å². The molecule has 116 valence electrons. The van der Waals surface area contributed by atoms with Crippen LogP contribution >= 0.6 is 0 Å². The molecule has 1 aliphatic rings. The van der Waals surface area contributed by atoms with Crippen molar-refractivity contribution in [1.82, 2.24) is 4.90 Å². The van der Waals surface area contributed by atoms with Gasteiger partial charge in [-0.2, -0.15) is 0 Å². The third-order valence-corrected chi connectivity index (χ3v) is 4.24. The van der Waals surface area contributed by atoms with Gasteiger partial charge in [0.15, 0.2) is 0 Å². The first kappa shape index (κ1) is 15.8. The van der Waals surface area contributed by atoms with Gasteiger partial charge in [-0.25, -0.2) is 0 Å². The van der Waals surface area contributed by atoms with Crippen molar-refractivity contribution < 1.29 is 14.6 Å². The predicted molar refractivity (Wildman–Crippen MR) is 82.5 cm³/mol. The summed E-state index contributed by atoms with van der Waals surface area (Å²) in [5.41, 5.74) is 2.42. The van der Waals surface area contributed by atoms with E-state index >= 15 is 0 Å². The van der Waals surface area contributed by atoms with E-state index in [2.05, 4.69) is 6.92 Å². The summed E-state index contributed by atoms with van der Waals surface area (Å²) in [5, 5.41) is 9.09. The number of carbonyl (C=O) groups is 1. The molecule has 0 bridgehead atoms. The molecule has 1 fully saturated rings. The van der Waals surface area contributed by atoms with E-state index in [1.807, 2.05) is 30.0 Å². The number of rotatable bonds is 7. The van der Waals surface area contributed by atoms with Crippen molar-refractivity contribution in [3.05, 3.63) is 29.3 Å². The quantitative estimate of drug-likeness (QED) is 0.839. The molecule has 1 aromatic rings. The van der Waals surface area contributed by atoms with E-state index < -0.39 is 0 Å². The average molecular weight is 291 g/mol. The Bertz CT molecular complexity index is 483. The number of nitrogens with zero attached hydrogens (tertiary/aromatic N) is 1. The third-order valence-electron chi connectivity index (χ3n) is 4.24. The summed E-state index contributed by atoms with van der Waals surface area (Å²) >= 11 is 0. The summed E-state index contributed by atoms with van der Waals surface area (Å²) in [4.78, 5) is 14.0. The SMILES string of the molecule is Cc1ccc(OCCC(=O)N(CCO)C2CCC2)cc1C. The Morgan fingerprint density at radius 3 is 2.67 bits per heavy atom. The van der Waals surface area contributed by atoms with Crippen LogP contribution in [-0.4, -0.2) is 41.7 Å². The molecule has 1 amide bonds. The molecular formula is C17H25NO3. The maximum Gasteiger partial charge on any atom is 0.226 e. The van der Waals surface area contributed by atoms with E-state index in [1.54, 1.807) is 0 Å². The highest BCUT2D eigenvalue weighted by Gasteiger charge is 2.27. The monoisotopic (exact) mass is 291 g/mol. The fourth-order valence-electron chi connectivity index (χ4n) is 2.52. The molecule has 1 aromatic carbocycles. The summed E-state index contributed by atoms with van der Waals surface area (Å²) in [7, 11) is 0. The van der Waals surface area contributed by atoms with Gasteiger partial charge in [0, 0.05) is 12.6 Å². The van der Waals surface area contributed by atoms with Crippen molar-refractivity contribution in [1.29, 1.82) is 0 Å². The van der Waals surface area contributed by atoms with E-state index in [0.29, 0.717) is 25.6 Å². The first-order chi connectivity index (χ1) is 10.1. The van der Waals surface area contributed by atoms with Crippen LogP contribution in [0.5, 0.6) is 5.75 Å². The van der Waals surface area contributed by atoms with Gasteiger partial charge in [0.2, 0.25) is 5.91 Å². The number of aliphatic hydroxyl groups excluding tert-OH is 1. The molecule has 2 rings (SSSR count). The van der Waals surface area contributed by atoms with Crippen LogP contribution in [0.15, 0.2) is 18.2 Å². The number of benzene rings is 1. The Morgan fingerprint density at radius 1 is 1.33 bits per heavy atom. The molecule has 0 heterocycles. The Balaban J connectivity index is 1.80. The van der Waals surface area contributed by atoms with Gasteiger partial charge in [0.1, 0.15) is 5.75 Å². The topological polar surface area (TPSA) is 49.8 Å². The summed E-state index contributed by atoms with van der Waals surface area (Å²) < 4.78 is 5.66. The van der Waals surface area contributed by atoms with E-state index in [9.17, 15) is 4.79 Å². The van der Waals surface area contributed by atoms with Gasteiger partial charge in [-0.15, -0.1) is 0 Å². The molecule has 4 heteroatoms. The zero-order valence-corrected chi connectivity index (χ0v) is 13.0. The summed E-state index contributed by atoms with van der Waals surface area (Å²) in [5.74, 6) is 0.890. The van der Waals surface area contributed by atoms with E-state index in [4.69, 9.17) is 9.84 Å². The highest BCUT2D eigenvalue weighted by atomic mass is 16.5. The van der Waals surface area contributed by atoms with Crippen LogP contribution in [0.4, 0.5) is 0 Å². The van der Waals surface area contributed by atoms with Gasteiger partial charge in [0.05, 0.1) is 19.6 Å². The highest BCUT2D eigenvalue weighted by Crippen LogP contribution is 2.25. The summed E-state index contributed by atoms with van der Waals surface area (Å²) in [6.07, 6.45) is 3.66. The first-order valence-corrected chi connectivity index (χ1v) is 7.72. The van der Waals surface area contributed by atoms with Gasteiger partial charge >= 0.3 is 0 Å². The average Bonchev–Trinajstić information content (AvgIpc) is 2.40. The maximum absolute atomic E-state index is 12.2. The van der Waals surface area contributed by atoms with Crippen molar-refractivity contribution in [2.75, 3.05) is 19.8 Å². The molecule has 0 aliphatic heterocycles. The molecule has 0 atom stereocenters. The molecule has 0 unspecified atom stereocenters. The predicted octanol–water partition coefficient (Wildman–Crippen LogP) is 2.45. The second kappa shape index (κ2) is 7.46.